The van der Waals surface area contributed by atoms with Crippen LogP contribution in [-0.4, -0.2) is 18.0 Å². The fourth-order valence-corrected chi connectivity index (χ4v) is 1.69. The van der Waals surface area contributed by atoms with E-state index in [2.05, 4.69) is 17.6 Å². The number of furan rings is 1. The highest BCUT2D eigenvalue weighted by Gasteiger charge is 2.18. The first-order valence-electron chi connectivity index (χ1n) is 6.56. The molecule has 3 atom stereocenters. The first kappa shape index (κ1) is 14.8. The van der Waals surface area contributed by atoms with Gasteiger partial charge >= 0.3 is 0 Å². The molecule has 0 fully saturated rings. The van der Waals surface area contributed by atoms with E-state index in [1.54, 1.807) is 0 Å². The Kier molecular flexibility index (Phi) is 5.41. The summed E-state index contributed by atoms with van der Waals surface area (Å²) in [6.07, 6.45) is 0.936. The van der Waals surface area contributed by atoms with Crippen LogP contribution in [-0.2, 0) is 4.79 Å². The van der Waals surface area contributed by atoms with E-state index in [1.807, 2.05) is 39.8 Å². The predicted octanol–water partition coefficient (Wildman–Crippen LogP) is 2.54. The molecular weight excluding hydrogens is 228 g/mol. The van der Waals surface area contributed by atoms with Crippen molar-refractivity contribution >= 4 is 5.91 Å². The van der Waals surface area contributed by atoms with Gasteiger partial charge in [-0.05, 0) is 46.2 Å². The normalized spacial score (nSPS) is 16.1. The minimum Gasteiger partial charge on any atom is -0.465 e. The molecule has 1 amide bonds. The summed E-state index contributed by atoms with van der Waals surface area (Å²) in [5.74, 6) is 1.77. The summed E-state index contributed by atoms with van der Waals surface area (Å²) < 4.78 is 5.53. The Bertz CT molecular complexity index is 387. The number of rotatable bonds is 6. The maximum atomic E-state index is 11.9. The Labute approximate surface area is 109 Å². The van der Waals surface area contributed by atoms with Crippen LogP contribution >= 0.6 is 0 Å². The smallest absolute Gasteiger partial charge is 0.237 e. The third-order valence-electron chi connectivity index (χ3n) is 3.08. The first-order valence-corrected chi connectivity index (χ1v) is 6.56. The summed E-state index contributed by atoms with van der Waals surface area (Å²) in [5.41, 5.74) is 0. The van der Waals surface area contributed by atoms with Gasteiger partial charge in [-0.2, -0.15) is 0 Å². The van der Waals surface area contributed by atoms with Gasteiger partial charge in [0.1, 0.15) is 11.5 Å². The Morgan fingerprint density at radius 2 is 2.00 bits per heavy atom. The molecule has 1 heterocycles. The summed E-state index contributed by atoms with van der Waals surface area (Å²) in [5, 5.41) is 6.19. The van der Waals surface area contributed by atoms with Crippen molar-refractivity contribution < 1.29 is 9.21 Å². The fraction of sp³-hybridized carbons (Fsp3) is 0.643. The summed E-state index contributed by atoms with van der Waals surface area (Å²) >= 11 is 0. The molecule has 0 aliphatic rings. The Hall–Kier alpha value is -1.29. The molecular formula is C14H24N2O2. The summed E-state index contributed by atoms with van der Waals surface area (Å²) in [6.45, 7) is 9.83. The van der Waals surface area contributed by atoms with Crippen LogP contribution in [0.3, 0.4) is 0 Å². The van der Waals surface area contributed by atoms with E-state index in [1.165, 1.54) is 0 Å². The van der Waals surface area contributed by atoms with Gasteiger partial charge in [0.2, 0.25) is 5.91 Å². The quantitative estimate of drug-likeness (QED) is 0.818. The largest absolute Gasteiger partial charge is 0.465 e. The number of nitrogens with one attached hydrogen (secondary N) is 2. The van der Waals surface area contributed by atoms with Crippen LogP contribution in [0.1, 0.15) is 51.7 Å². The molecule has 1 aromatic rings. The summed E-state index contributed by atoms with van der Waals surface area (Å²) in [4.78, 5) is 11.9. The molecule has 0 aliphatic carbocycles. The molecule has 1 aromatic heterocycles. The van der Waals surface area contributed by atoms with Crippen LogP contribution in [0.5, 0.6) is 0 Å². The van der Waals surface area contributed by atoms with Gasteiger partial charge in [-0.3, -0.25) is 10.1 Å². The highest BCUT2D eigenvalue weighted by atomic mass is 16.3. The number of carbonyl (C=O) groups excluding carboxylic acids is 1. The fourth-order valence-electron chi connectivity index (χ4n) is 1.69. The van der Waals surface area contributed by atoms with Crippen molar-refractivity contribution in [2.45, 2.75) is 59.2 Å². The zero-order valence-corrected chi connectivity index (χ0v) is 11.9. The van der Waals surface area contributed by atoms with Crippen molar-refractivity contribution in [2.75, 3.05) is 0 Å². The number of amides is 1. The molecule has 102 valence electrons. The summed E-state index contributed by atoms with van der Waals surface area (Å²) in [6, 6.07) is 3.86. The number of carbonyl (C=O) groups is 1. The Morgan fingerprint density at radius 1 is 1.33 bits per heavy atom. The minimum absolute atomic E-state index is 0.0244. The lowest BCUT2D eigenvalue weighted by atomic mass is 10.2. The molecule has 2 N–H and O–H groups in total. The van der Waals surface area contributed by atoms with Gasteiger partial charge in [0.15, 0.2) is 0 Å². The molecule has 0 bridgehead atoms. The van der Waals surface area contributed by atoms with E-state index in [4.69, 9.17) is 4.42 Å². The molecule has 0 aliphatic heterocycles. The van der Waals surface area contributed by atoms with Crippen LogP contribution in [0.4, 0.5) is 0 Å². The topological polar surface area (TPSA) is 54.3 Å². The third kappa shape index (κ3) is 4.18. The molecule has 4 heteroatoms. The van der Waals surface area contributed by atoms with Crippen LogP contribution in [0.25, 0.3) is 0 Å². The van der Waals surface area contributed by atoms with E-state index in [0.29, 0.717) is 0 Å². The van der Waals surface area contributed by atoms with Crippen molar-refractivity contribution in [2.24, 2.45) is 0 Å². The molecule has 1 rings (SSSR count). The highest BCUT2D eigenvalue weighted by Crippen LogP contribution is 2.16. The average Bonchev–Trinajstić information content (AvgIpc) is 2.75. The van der Waals surface area contributed by atoms with Crippen LogP contribution in [0, 0.1) is 6.92 Å². The van der Waals surface area contributed by atoms with Crippen molar-refractivity contribution in [3.05, 3.63) is 23.7 Å². The van der Waals surface area contributed by atoms with Gasteiger partial charge in [0, 0.05) is 6.04 Å². The molecule has 0 saturated heterocycles. The standard InChI is InChI=1S/C14H24N2O2/c1-6-9(2)15-14(17)12(5)16-11(4)13-8-7-10(3)18-13/h7-9,11-12,16H,6H2,1-5H3,(H,15,17). The van der Waals surface area contributed by atoms with Gasteiger partial charge in [-0.25, -0.2) is 0 Å². The zero-order valence-electron chi connectivity index (χ0n) is 11.9. The summed E-state index contributed by atoms with van der Waals surface area (Å²) in [7, 11) is 0. The van der Waals surface area contributed by atoms with Crippen LogP contribution in [0.2, 0.25) is 0 Å². The second kappa shape index (κ2) is 6.59. The van der Waals surface area contributed by atoms with Crippen molar-refractivity contribution in [1.29, 1.82) is 0 Å². The monoisotopic (exact) mass is 252 g/mol. The van der Waals surface area contributed by atoms with Gasteiger partial charge in [0.05, 0.1) is 12.1 Å². The van der Waals surface area contributed by atoms with Gasteiger partial charge in [-0.15, -0.1) is 0 Å². The second-order valence-corrected chi connectivity index (χ2v) is 4.88. The SMILES string of the molecule is CCC(C)NC(=O)C(C)NC(C)c1ccc(C)o1. The highest BCUT2D eigenvalue weighted by molar-refractivity contribution is 5.81. The van der Waals surface area contributed by atoms with Crippen LogP contribution in [0.15, 0.2) is 16.5 Å². The maximum Gasteiger partial charge on any atom is 0.237 e. The van der Waals surface area contributed by atoms with Crippen molar-refractivity contribution in [1.82, 2.24) is 10.6 Å². The van der Waals surface area contributed by atoms with E-state index in [9.17, 15) is 4.79 Å². The second-order valence-electron chi connectivity index (χ2n) is 4.88. The van der Waals surface area contributed by atoms with E-state index in [0.717, 1.165) is 17.9 Å². The van der Waals surface area contributed by atoms with Gasteiger partial charge in [-0.1, -0.05) is 6.92 Å². The lowest BCUT2D eigenvalue weighted by Gasteiger charge is -2.20. The van der Waals surface area contributed by atoms with Gasteiger partial charge < -0.3 is 9.73 Å². The molecule has 0 aromatic carbocycles. The van der Waals surface area contributed by atoms with Crippen LogP contribution < -0.4 is 10.6 Å². The zero-order chi connectivity index (χ0) is 13.7. The molecule has 4 nitrogen and oxygen atoms in total. The van der Waals surface area contributed by atoms with E-state index < -0.39 is 0 Å². The average molecular weight is 252 g/mol. The maximum absolute atomic E-state index is 11.9. The molecule has 0 spiro atoms. The van der Waals surface area contributed by atoms with Crippen molar-refractivity contribution in [3.63, 3.8) is 0 Å². The first-order chi connectivity index (χ1) is 8.43. The predicted molar refractivity (Wildman–Crippen MR) is 72.4 cm³/mol. The number of hydrogen-bond acceptors (Lipinski definition) is 3. The molecule has 3 unspecified atom stereocenters. The third-order valence-corrected chi connectivity index (χ3v) is 3.08. The number of hydrogen-bond donors (Lipinski definition) is 2. The molecule has 18 heavy (non-hydrogen) atoms. The lowest BCUT2D eigenvalue weighted by Crippen LogP contribution is -2.45. The van der Waals surface area contributed by atoms with E-state index in [-0.39, 0.29) is 24.0 Å². The lowest BCUT2D eigenvalue weighted by molar-refractivity contribution is -0.123. The van der Waals surface area contributed by atoms with E-state index >= 15 is 0 Å². The van der Waals surface area contributed by atoms with Crippen molar-refractivity contribution in [3.8, 4) is 0 Å². The van der Waals surface area contributed by atoms with Gasteiger partial charge in [0.25, 0.3) is 0 Å². The minimum atomic E-state index is -0.237. The number of aryl methyl sites for hydroxylation is 1. The molecule has 0 saturated carbocycles. The Balaban J connectivity index is 2.48. The molecule has 0 radical (unpaired) electrons. The Morgan fingerprint density at radius 3 is 2.50 bits per heavy atom.